The highest BCUT2D eigenvalue weighted by molar-refractivity contribution is 9.13. The summed E-state index contributed by atoms with van der Waals surface area (Å²) < 4.78 is 3.42. The fourth-order valence-corrected chi connectivity index (χ4v) is 2.37. The van der Waals surface area contributed by atoms with Crippen LogP contribution in [-0.4, -0.2) is 9.66 Å². The van der Waals surface area contributed by atoms with E-state index in [0.717, 1.165) is 38.9 Å². The molecule has 6 heteroatoms. The monoisotopic (exact) mass is 372 g/mol. The molecule has 0 fully saturated rings. The predicted molar refractivity (Wildman–Crippen MR) is 81.6 cm³/mol. The van der Waals surface area contributed by atoms with Gasteiger partial charge in [0.25, 0.3) is 0 Å². The van der Waals surface area contributed by atoms with Crippen LogP contribution < -0.4 is 11.6 Å². The van der Waals surface area contributed by atoms with Gasteiger partial charge in [-0.1, -0.05) is 13.0 Å². The number of anilines is 1. The summed E-state index contributed by atoms with van der Waals surface area (Å²) >= 11 is 6.91. The topological polar surface area (TPSA) is 69.9 Å². The number of benzene rings is 1. The Morgan fingerprint density at radius 3 is 2.61 bits per heavy atom. The number of aromatic nitrogens is 2. The Kier molecular flexibility index (Phi) is 3.97. The average Bonchev–Trinajstić information content (AvgIpc) is 2.62. The molecule has 2 aromatic rings. The normalized spacial score (nSPS) is 10.8. The van der Waals surface area contributed by atoms with E-state index in [2.05, 4.69) is 43.8 Å². The molecule has 0 aliphatic rings. The van der Waals surface area contributed by atoms with Crippen LogP contribution in [0.15, 0.2) is 27.1 Å². The van der Waals surface area contributed by atoms with Crippen molar-refractivity contribution in [1.82, 2.24) is 9.66 Å². The van der Waals surface area contributed by atoms with Gasteiger partial charge in [0.05, 0.1) is 0 Å². The van der Waals surface area contributed by atoms with Crippen LogP contribution in [-0.2, 0) is 6.42 Å². The van der Waals surface area contributed by atoms with Crippen LogP contribution in [0.2, 0.25) is 0 Å². The zero-order valence-electron chi connectivity index (χ0n) is 9.95. The Morgan fingerprint density at radius 1 is 1.28 bits per heavy atom. The van der Waals surface area contributed by atoms with E-state index < -0.39 is 0 Å². The molecule has 0 saturated carbocycles. The standard InChI is InChI=1S/C12H14Br2N4/c1-2-3-10-17-11(12(15)18(10)16)7-4-5-8(13)9(14)6-7/h4-6H,2-3,15-16H2,1H3. The van der Waals surface area contributed by atoms with Crippen molar-refractivity contribution >= 4 is 37.7 Å². The highest BCUT2D eigenvalue weighted by Gasteiger charge is 2.14. The molecule has 18 heavy (non-hydrogen) atoms. The molecule has 96 valence electrons. The van der Waals surface area contributed by atoms with Crippen LogP contribution in [0.4, 0.5) is 5.82 Å². The molecule has 0 aliphatic heterocycles. The first-order valence-electron chi connectivity index (χ1n) is 5.62. The average molecular weight is 374 g/mol. The Labute approximate surface area is 123 Å². The van der Waals surface area contributed by atoms with Crippen LogP contribution in [0.1, 0.15) is 19.2 Å². The number of halogens is 2. The molecule has 0 aliphatic carbocycles. The molecule has 0 unspecified atom stereocenters. The molecular weight excluding hydrogens is 360 g/mol. The maximum absolute atomic E-state index is 6.00. The smallest absolute Gasteiger partial charge is 0.150 e. The third-order valence-corrected chi connectivity index (χ3v) is 4.57. The number of nitrogen functional groups attached to an aromatic ring is 2. The minimum atomic E-state index is 0.493. The van der Waals surface area contributed by atoms with Gasteiger partial charge in [-0.3, -0.25) is 0 Å². The highest BCUT2D eigenvalue weighted by Crippen LogP contribution is 2.31. The van der Waals surface area contributed by atoms with E-state index in [9.17, 15) is 0 Å². The highest BCUT2D eigenvalue weighted by atomic mass is 79.9. The molecular formula is C12H14Br2N4. The number of hydrogen-bond donors (Lipinski definition) is 2. The number of nitrogens with zero attached hydrogens (tertiary/aromatic N) is 2. The molecule has 1 heterocycles. The Bertz CT molecular complexity index is 578. The quantitative estimate of drug-likeness (QED) is 0.810. The van der Waals surface area contributed by atoms with Crippen molar-refractivity contribution in [3.05, 3.63) is 33.0 Å². The molecule has 0 atom stereocenters. The lowest BCUT2D eigenvalue weighted by Gasteiger charge is -2.02. The number of rotatable bonds is 3. The van der Waals surface area contributed by atoms with Gasteiger partial charge in [-0.25, -0.2) is 9.66 Å². The minimum absolute atomic E-state index is 0.493. The second-order valence-electron chi connectivity index (χ2n) is 4.01. The first kappa shape index (κ1) is 13.4. The molecule has 4 nitrogen and oxygen atoms in total. The largest absolute Gasteiger partial charge is 0.382 e. The van der Waals surface area contributed by atoms with E-state index in [1.807, 2.05) is 18.2 Å². The van der Waals surface area contributed by atoms with Crippen LogP contribution in [0, 0.1) is 0 Å². The van der Waals surface area contributed by atoms with E-state index in [-0.39, 0.29) is 0 Å². The SMILES string of the molecule is CCCc1nc(-c2ccc(Br)c(Br)c2)c(N)n1N. The fraction of sp³-hybridized carbons (Fsp3) is 0.250. The van der Waals surface area contributed by atoms with Gasteiger partial charge in [0.2, 0.25) is 0 Å². The summed E-state index contributed by atoms with van der Waals surface area (Å²) in [5, 5.41) is 0. The maximum atomic E-state index is 6.00. The van der Waals surface area contributed by atoms with Gasteiger partial charge in [0.1, 0.15) is 11.5 Å². The second kappa shape index (κ2) is 5.32. The Hall–Kier alpha value is -1.01. The molecule has 1 aromatic heterocycles. The van der Waals surface area contributed by atoms with E-state index in [1.165, 1.54) is 4.68 Å². The summed E-state index contributed by atoms with van der Waals surface area (Å²) in [5.41, 5.74) is 7.68. The van der Waals surface area contributed by atoms with Crippen molar-refractivity contribution < 1.29 is 0 Å². The Morgan fingerprint density at radius 2 is 2.00 bits per heavy atom. The lowest BCUT2D eigenvalue weighted by Crippen LogP contribution is -2.15. The summed E-state index contributed by atoms with van der Waals surface area (Å²) in [6, 6.07) is 5.88. The number of hydrogen-bond acceptors (Lipinski definition) is 3. The molecule has 0 saturated heterocycles. The molecule has 0 radical (unpaired) electrons. The summed E-state index contributed by atoms with van der Waals surface area (Å²) in [6.07, 6.45) is 1.80. The van der Waals surface area contributed by atoms with Crippen molar-refractivity contribution in [3.63, 3.8) is 0 Å². The summed E-state index contributed by atoms with van der Waals surface area (Å²) in [4.78, 5) is 4.52. The van der Waals surface area contributed by atoms with E-state index in [1.54, 1.807) is 0 Å². The van der Waals surface area contributed by atoms with Crippen LogP contribution in [0.5, 0.6) is 0 Å². The lowest BCUT2D eigenvalue weighted by molar-refractivity contribution is 0.794. The van der Waals surface area contributed by atoms with Crippen molar-refractivity contribution in [3.8, 4) is 11.3 Å². The van der Waals surface area contributed by atoms with Crippen LogP contribution in [0.3, 0.4) is 0 Å². The van der Waals surface area contributed by atoms with Crippen LogP contribution >= 0.6 is 31.9 Å². The molecule has 2 rings (SSSR count). The van der Waals surface area contributed by atoms with Crippen LogP contribution in [0.25, 0.3) is 11.3 Å². The fourth-order valence-electron chi connectivity index (χ4n) is 1.75. The van der Waals surface area contributed by atoms with Crippen molar-refractivity contribution in [2.45, 2.75) is 19.8 Å². The summed E-state index contributed by atoms with van der Waals surface area (Å²) in [7, 11) is 0. The molecule has 0 spiro atoms. The van der Waals surface area contributed by atoms with Crippen molar-refractivity contribution in [1.29, 1.82) is 0 Å². The number of aryl methyl sites for hydroxylation is 1. The second-order valence-corrected chi connectivity index (χ2v) is 5.72. The minimum Gasteiger partial charge on any atom is -0.382 e. The zero-order chi connectivity index (χ0) is 13.3. The van der Waals surface area contributed by atoms with Gasteiger partial charge in [0, 0.05) is 20.9 Å². The molecule has 4 N–H and O–H groups in total. The molecule has 0 amide bonds. The number of nitrogens with two attached hydrogens (primary N) is 2. The molecule has 0 bridgehead atoms. The Balaban J connectivity index is 2.50. The third kappa shape index (κ3) is 2.40. The first-order chi connectivity index (χ1) is 8.54. The first-order valence-corrected chi connectivity index (χ1v) is 7.20. The predicted octanol–water partition coefficient (Wildman–Crippen LogP) is 3.32. The third-order valence-electron chi connectivity index (χ3n) is 2.69. The maximum Gasteiger partial charge on any atom is 0.150 e. The molecule has 1 aromatic carbocycles. The van der Waals surface area contributed by atoms with Gasteiger partial charge in [0.15, 0.2) is 5.82 Å². The van der Waals surface area contributed by atoms with Gasteiger partial charge in [-0.2, -0.15) is 0 Å². The summed E-state index contributed by atoms with van der Waals surface area (Å²) in [5.74, 6) is 7.21. The van der Waals surface area contributed by atoms with Gasteiger partial charge >= 0.3 is 0 Å². The van der Waals surface area contributed by atoms with Gasteiger partial charge in [-0.15, -0.1) is 0 Å². The van der Waals surface area contributed by atoms with E-state index in [4.69, 9.17) is 11.6 Å². The number of imidazole rings is 1. The lowest BCUT2D eigenvalue weighted by atomic mass is 10.1. The zero-order valence-corrected chi connectivity index (χ0v) is 13.1. The van der Waals surface area contributed by atoms with Gasteiger partial charge in [-0.05, 0) is 50.4 Å². The summed E-state index contributed by atoms with van der Waals surface area (Å²) in [6.45, 7) is 2.08. The van der Waals surface area contributed by atoms with Crippen molar-refractivity contribution in [2.24, 2.45) is 0 Å². The van der Waals surface area contributed by atoms with Gasteiger partial charge < -0.3 is 11.6 Å². The van der Waals surface area contributed by atoms with Crippen molar-refractivity contribution in [2.75, 3.05) is 11.6 Å². The van der Waals surface area contributed by atoms with E-state index in [0.29, 0.717) is 5.82 Å². The van der Waals surface area contributed by atoms with E-state index >= 15 is 0 Å².